The Morgan fingerprint density at radius 2 is 2.06 bits per heavy atom. The molecule has 1 rings (SSSR count). The Morgan fingerprint density at radius 3 is 2.83 bits per heavy atom. The Hall–Kier alpha value is -1.48. The zero-order valence-electron chi connectivity index (χ0n) is 10.6. The molecule has 1 aromatic heterocycles. The Labute approximate surface area is 107 Å². The van der Waals surface area contributed by atoms with Crippen LogP contribution in [0.3, 0.4) is 0 Å². The fraction of sp³-hybridized carbons (Fsp3) is 0.538. The van der Waals surface area contributed by atoms with Crippen LogP contribution in [0.4, 0.5) is 0 Å². The molecule has 0 atom stereocenters. The van der Waals surface area contributed by atoms with Gasteiger partial charge in [-0.1, -0.05) is 0 Å². The first kappa shape index (κ1) is 14.6. The molecule has 98 valence electrons. The molecule has 0 bridgehead atoms. The quantitative estimate of drug-likeness (QED) is 0.622. The summed E-state index contributed by atoms with van der Waals surface area (Å²) in [5, 5.41) is 8.69. The van der Waals surface area contributed by atoms with Gasteiger partial charge >= 0.3 is 0 Å². The summed E-state index contributed by atoms with van der Waals surface area (Å²) in [6, 6.07) is 5.57. The van der Waals surface area contributed by atoms with E-state index < -0.39 is 0 Å². The lowest BCUT2D eigenvalue weighted by Gasteiger charge is -2.05. The standard InChI is InChI=1S/C13H18N2O3/c1-16-7-8-17-5-2-6-18-11-12-3-4-15-13(9-12)10-14/h3-4,9H,2,5-8,11H2,1H3. The molecule has 18 heavy (non-hydrogen) atoms. The molecule has 0 spiro atoms. The van der Waals surface area contributed by atoms with Crippen LogP contribution >= 0.6 is 0 Å². The van der Waals surface area contributed by atoms with Gasteiger partial charge in [-0.25, -0.2) is 4.98 Å². The van der Waals surface area contributed by atoms with Crippen molar-refractivity contribution in [2.45, 2.75) is 13.0 Å². The summed E-state index contributed by atoms with van der Waals surface area (Å²) in [6.07, 6.45) is 2.46. The number of nitrogens with zero attached hydrogens (tertiary/aromatic N) is 2. The number of nitriles is 1. The van der Waals surface area contributed by atoms with Gasteiger partial charge < -0.3 is 14.2 Å². The van der Waals surface area contributed by atoms with E-state index >= 15 is 0 Å². The van der Waals surface area contributed by atoms with E-state index in [-0.39, 0.29) is 0 Å². The zero-order valence-corrected chi connectivity index (χ0v) is 10.6. The van der Waals surface area contributed by atoms with Crippen molar-refractivity contribution in [1.29, 1.82) is 5.26 Å². The van der Waals surface area contributed by atoms with Crippen LogP contribution in [0.1, 0.15) is 17.7 Å². The van der Waals surface area contributed by atoms with Gasteiger partial charge in [0.25, 0.3) is 0 Å². The van der Waals surface area contributed by atoms with Crippen LogP contribution in [0.25, 0.3) is 0 Å². The van der Waals surface area contributed by atoms with Gasteiger partial charge in [0.2, 0.25) is 0 Å². The number of ether oxygens (including phenoxy) is 3. The molecule has 1 heterocycles. The summed E-state index contributed by atoms with van der Waals surface area (Å²) in [6.45, 7) is 3.04. The minimum Gasteiger partial charge on any atom is -0.382 e. The fourth-order valence-corrected chi connectivity index (χ4v) is 1.32. The highest BCUT2D eigenvalue weighted by molar-refractivity contribution is 5.24. The van der Waals surface area contributed by atoms with E-state index in [0.717, 1.165) is 12.0 Å². The highest BCUT2D eigenvalue weighted by Crippen LogP contribution is 2.03. The van der Waals surface area contributed by atoms with E-state index in [0.29, 0.717) is 38.7 Å². The molecule has 0 radical (unpaired) electrons. The van der Waals surface area contributed by atoms with Crippen LogP contribution in [-0.2, 0) is 20.8 Å². The Balaban J connectivity index is 2.05. The summed E-state index contributed by atoms with van der Waals surface area (Å²) >= 11 is 0. The summed E-state index contributed by atoms with van der Waals surface area (Å²) in [5.41, 5.74) is 1.38. The van der Waals surface area contributed by atoms with E-state index in [1.165, 1.54) is 0 Å². The Bertz CT molecular complexity index is 377. The molecule has 0 fully saturated rings. The first-order valence-corrected chi connectivity index (χ1v) is 5.86. The molecule has 0 aliphatic carbocycles. The average Bonchev–Trinajstić information content (AvgIpc) is 2.42. The molecule has 1 aromatic rings. The number of pyridine rings is 1. The lowest BCUT2D eigenvalue weighted by Crippen LogP contribution is -2.05. The minimum absolute atomic E-state index is 0.416. The second-order valence-electron chi connectivity index (χ2n) is 3.67. The minimum atomic E-state index is 0.416. The molecule has 0 aliphatic rings. The van der Waals surface area contributed by atoms with Crippen molar-refractivity contribution in [2.24, 2.45) is 0 Å². The highest BCUT2D eigenvalue weighted by atomic mass is 16.5. The van der Waals surface area contributed by atoms with Gasteiger partial charge in [-0.05, 0) is 24.1 Å². The van der Waals surface area contributed by atoms with Crippen LogP contribution in [0.15, 0.2) is 18.3 Å². The summed E-state index contributed by atoms with van der Waals surface area (Å²) in [4.78, 5) is 3.90. The van der Waals surface area contributed by atoms with Gasteiger partial charge in [0.1, 0.15) is 11.8 Å². The molecule has 0 saturated carbocycles. The Kier molecular flexibility index (Phi) is 7.73. The lowest BCUT2D eigenvalue weighted by atomic mass is 10.2. The van der Waals surface area contributed by atoms with E-state index in [2.05, 4.69) is 4.98 Å². The van der Waals surface area contributed by atoms with Gasteiger partial charge in [0.15, 0.2) is 0 Å². The zero-order chi connectivity index (χ0) is 13.1. The molecule has 0 aromatic carbocycles. The third-order valence-corrected chi connectivity index (χ3v) is 2.22. The largest absolute Gasteiger partial charge is 0.382 e. The van der Waals surface area contributed by atoms with Crippen LogP contribution in [-0.4, -0.2) is 38.5 Å². The Morgan fingerprint density at radius 1 is 1.22 bits per heavy atom. The van der Waals surface area contributed by atoms with Crippen molar-refractivity contribution in [3.8, 4) is 6.07 Å². The first-order chi connectivity index (χ1) is 8.86. The topological polar surface area (TPSA) is 64.4 Å². The third-order valence-electron chi connectivity index (χ3n) is 2.22. The van der Waals surface area contributed by atoms with Crippen molar-refractivity contribution < 1.29 is 14.2 Å². The van der Waals surface area contributed by atoms with Crippen molar-refractivity contribution >= 4 is 0 Å². The third kappa shape index (κ3) is 6.30. The number of rotatable bonds is 9. The van der Waals surface area contributed by atoms with E-state index in [1.807, 2.05) is 12.1 Å². The number of methoxy groups -OCH3 is 1. The smallest absolute Gasteiger partial charge is 0.140 e. The predicted molar refractivity (Wildman–Crippen MR) is 65.9 cm³/mol. The maximum absolute atomic E-state index is 8.69. The lowest BCUT2D eigenvalue weighted by molar-refractivity contribution is 0.0483. The van der Waals surface area contributed by atoms with Crippen molar-refractivity contribution in [1.82, 2.24) is 4.98 Å². The molecule has 0 amide bonds. The predicted octanol–water partition coefficient (Wildman–Crippen LogP) is 1.52. The van der Waals surface area contributed by atoms with Crippen LogP contribution < -0.4 is 0 Å². The molecule has 5 heteroatoms. The normalized spacial score (nSPS) is 10.2. The van der Waals surface area contributed by atoms with Crippen molar-refractivity contribution in [3.63, 3.8) is 0 Å². The second-order valence-corrected chi connectivity index (χ2v) is 3.67. The van der Waals surface area contributed by atoms with Crippen molar-refractivity contribution in [3.05, 3.63) is 29.6 Å². The maximum Gasteiger partial charge on any atom is 0.140 e. The molecular weight excluding hydrogens is 232 g/mol. The van der Waals surface area contributed by atoms with Gasteiger partial charge in [-0.15, -0.1) is 0 Å². The highest BCUT2D eigenvalue weighted by Gasteiger charge is 1.97. The second kappa shape index (κ2) is 9.54. The van der Waals surface area contributed by atoms with Gasteiger partial charge in [0.05, 0.1) is 19.8 Å². The summed E-state index contributed by atoms with van der Waals surface area (Å²) in [5.74, 6) is 0. The van der Waals surface area contributed by atoms with Crippen LogP contribution in [0, 0.1) is 11.3 Å². The number of aromatic nitrogens is 1. The molecule has 0 aliphatic heterocycles. The van der Waals surface area contributed by atoms with Crippen LogP contribution in [0.5, 0.6) is 0 Å². The van der Waals surface area contributed by atoms with Crippen molar-refractivity contribution in [2.75, 3.05) is 33.5 Å². The van der Waals surface area contributed by atoms with E-state index in [9.17, 15) is 0 Å². The first-order valence-electron chi connectivity index (χ1n) is 5.86. The van der Waals surface area contributed by atoms with Crippen LogP contribution in [0.2, 0.25) is 0 Å². The summed E-state index contributed by atoms with van der Waals surface area (Å²) < 4.78 is 15.6. The fourth-order valence-electron chi connectivity index (χ4n) is 1.32. The molecule has 0 saturated heterocycles. The molecule has 5 nitrogen and oxygen atoms in total. The average molecular weight is 250 g/mol. The van der Waals surface area contributed by atoms with Gasteiger partial charge in [-0.3, -0.25) is 0 Å². The number of hydrogen-bond donors (Lipinski definition) is 0. The SMILES string of the molecule is COCCOCCCOCc1ccnc(C#N)c1. The monoisotopic (exact) mass is 250 g/mol. The van der Waals surface area contributed by atoms with E-state index in [1.54, 1.807) is 19.4 Å². The van der Waals surface area contributed by atoms with E-state index in [4.69, 9.17) is 19.5 Å². The summed E-state index contributed by atoms with van der Waals surface area (Å²) in [7, 11) is 1.65. The molecule has 0 unspecified atom stereocenters. The molecular formula is C13H18N2O3. The molecule has 0 N–H and O–H groups in total. The number of hydrogen-bond acceptors (Lipinski definition) is 5. The van der Waals surface area contributed by atoms with Gasteiger partial charge in [0, 0.05) is 26.5 Å². The van der Waals surface area contributed by atoms with Gasteiger partial charge in [-0.2, -0.15) is 5.26 Å². The maximum atomic E-state index is 8.69.